The van der Waals surface area contributed by atoms with Crippen LogP contribution >= 0.6 is 0 Å². The predicted molar refractivity (Wildman–Crippen MR) is 88.3 cm³/mol. The van der Waals surface area contributed by atoms with Crippen molar-refractivity contribution >= 4 is 11.8 Å². The smallest absolute Gasteiger partial charge is 0.311 e. The van der Waals surface area contributed by atoms with Gasteiger partial charge in [-0.05, 0) is 43.9 Å². The second kappa shape index (κ2) is 6.74. The molecule has 1 aliphatic heterocycles. The van der Waals surface area contributed by atoms with Gasteiger partial charge in [0.2, 0.25) is 0 Å². The highest BCUT2D eigenvalue weighted by Gasteiger charge is 2.43. The molecule has 2 heterocycles. The molecule has 1 unspecified atom stereocenters. The predicted octanol–water partition coefficient (Wildman–Crippen LogP) is 2.98. The largest absolute Gasteiger partial charge is 0.481 e. The molecule has 7 heteroatoms. The molecule has 0 saturated carbocycles. The highest BCUT2D eigenvalue weighted by Crippen LogP contribution is 2.36. The molecular weight excluding hydrogens is 328 g/mol. The number of aliphatic carboxylic acids is 1. The number of benzene rings is 1. The maximum atomic E-state index is 14.0. The molecule has 0 spiro atoms. The number of aromatic nitrogens is 2. The van der Waals surface area contributed by atoms with E-state index >= 15 is 0 Å². The van der Waals surface area contributed by atoms with E-state index in [0.717, 1.165) is 12.1 Å². The Balaban J connectivity index is 1.90. The Morgan fingerprint density at radius 2 is 2.16 bits per heavy atom. The normalized spacial score (nSPS) is 20.5. The Hall–Kier alpha value is -2.57. The van der Waals surface area contributed by atoms with Crippen molar-refractivity contribution in [1.82, 2.24) is 9.97 Å². The van der Waals surface area contributed by atoms with Crippen molar-refractivity contribution in [1.29, 1.82) is 0 Å². The number of carboxylic acid groups (broad SMARTS) is 1. The summed E-state index contributed by atoms with van der Waals surface area (Å²) in [7, 11) is 0. The minimum atomic E-state index is -1.14. The van der Waals surface area contributed by atoms with E-state index in [9.17, 15) is 18.7 Å². The lowest BCUT2D eigenvalue weighted by Gasteiger charge is -2.40. The van der Waals surface area contributed by atoms with Crippen LogP contribution in [-0.2, 0) is 11.2 Å². The van der Waals surface area contributed by atoms with Crippen molar-refractivity contribution in [2.45, 2.75) is 26.2 Å². The second-order valence-corrected chi connectivity index (χ2v) is 6.49. The van der Waals surface area contributed by atoms with Crippen molar-refractivity contribution < 1.29 is 18.7 Å². The number of piperidine rings is 1. The monoisotopic (exact) mass is 347 g/mol. The fraction of sp³-hybridized carbons (Fsp3) is 0.389. The van der Waals surface area contributed by atoms with E-state index in [0.29, 0.717) is 31.0 Å². The zero-order valence-corrected chi connectivity index (χ0v) is 13.9. The van der Waals surface area contributed by atoms with Crippen LogP contribution in [0.25, 0.3) is 0 Å². The van der Waals surface area contributed by atoms with Gasteiger partial charge in [0.05, 0.1) is 5.41 Å². The fourth-order valence-electron chi connectivity index (χ4n) is 3.37. The summed E-state index contributed by atoms with van der Waals surface area (Å²) in [6.45, 7) is 2.67. The van der Waals surface area contributed by atoms with E-state index in [1.807, 2.05) is 4.90 Å². The van der Waals surface area contributed by atoms with Gasteiger partial charge in [-0.2, -0.15) is 0 Å². The number of nitrogens with zero attached hydrogens (tertiary/aromatic N) is 3. The molecule has 1 aliphatic rings. The maximum absolute atomic E-state index is 14.0. The van der Waals surface area contributed by atoms with Crippen LogP contribution in [-0.4, -0.2) is 34.1 Å². The van der Waals surface area contributed by atoms with Crippen molar-refractivity contribution in [3.8, 4) is 0 Å². The zero-order valence-electron chi connectivity index (χ0n) is 13.9. The number of rotatable bonds is 4. The lowest BCUT2D eigenvalue weighted by atomic mass is 9.75. The third-order valence-electron chi connectivity index (χ3n) is 4.66. The number of carbonyl (C=O) groups is 1. The lowest BCUT2D eigenvalue weighted by Crippen LogP contribution is -2.49. The third-order valence-corrected chi connectivity index (χ3v) is 4.66. The molecule has 1 atom stereocenters. The van der Waals surface area contributed by atoms with Gasteiger partial charge in [-0.15, -0.1) is 0 Å². The topological polar surface area (TPSA) is 66.3 Å². The minimum absolute atomic E-state index is 0.00894. The summed E-state index contributed by atoms with van der Waals surface area (Å²) in [5.41, 5.74) is -0.931. The van der Waals surface area contributed by atoms with Gasteiger partial charge in [-0.3, -0.25) is 4.79 Å². The van der Waals surface area contributed by atoms with Crippen LogP contribution in [0, 0.1) is 24.0 Å². The van der Waals surface area contributed by atoms with Gasteiger partial charge in [0.15, 0.2) is 0 Å². The first-order valence-electron chi connectivity index (χ1n) is 8.12. The summed E-state index contributed by atoms with van der Waals surface area (Å²) >= 11 is 0. The quantitative estimate of drug-likeness (QED) is 0.921. The molecule has 0 aliphatic carbocycles. The number of hydrogen-bond donors (Lipinski definition) is 1. The van der Waals surface area contributed by atoms with Crippen LogP contribution in [0.1, 0.15) is 24.2 Å². The van der Waals surface area contributed by atoms with Gasteiger partial charge < -0.3 is 10.0 Å². The fourth-order valence-corrected chi connectivity index (χ4v) is 3.37. The molecule has 0 bridgehead atoms. The summed E-state index contributed by atoms with van der Waals surface area (Å²) in [6, 6.07) is 5.01. The summed E-state index contributed by atoms with van der Waals surface area (Å²) in [4.78, 5) is 22.4. The highest BCUT2D eigenvalue weighted by molar-refractivity contribution is 5.76. The number of anilines is 1. The van der Waals surface area contributed by atoms with Gasteiger partial charge in [-0.1, -0.05) is 6.07 Å². The van der Waals surface area contributed by atoms with Crippen molar-refractivity contribution in [2.24, 2.45) is 5.41 Å². The highest BCUT2D eigenvalue weighted by atomic mass is 19.1. The standard InChI is InChI=1S/C18H19F2N3O2/c1-12-21-7-5-16(22-12)23-8-2-6-18(11-23,17(24)25)10-13-3-4-14(19)9-15(13)20/h3-5,7,9H,2,6,8,10-11H2,1H3,(H,24,25). The summed E-state index contributed by atoms with van der Waals surface area (Å²) in [5.74, 6) is -1.10. The Morgan fingerprint density at radius 1 is 1.36 bits per heavy atom. The van der Waals surface area contributed by atoms with Crippen LogP contribution in [0.5, 0.6) is 0 Å². The van der Waals surface area contributed by atoms with Gasteiger partial charge in [-0.25, -0.2) is 18.7 Å². The SMILES string of the molecule is Cc1nccc(N2CCCC(Cc3ccc(F)cc3F)(C(=O)O)C2)n1. The van der Waals surface area contributed by atoms with Crippen LogP contribution in [0.3, 0.4) is 0 Å². The van der Waals surface area contributed by atoms with Crippen molar-refractivity contribution in [3.05, 3.63) is 53.5 Å². The number of aryl methyl sites for hydroxylation is 1. The number of carboxylic acids is 1. The van der Waals surface area contributed by atoms with Crippen LogP contribution < -0.4 is 4.90 Å². The van der Waals surface area contributed by atoms with Crippen LogP contribution in [0.2, 0.25) is 0 Å². The molecule has 1 aromatic heterocycles. The molecule has 3 rings (SSSR count). The maximum Gasteiger partial charge on any atom is 0.311 e. The molecule has 1 fully saturated rings. The van der Waals surface area contributed by atoms with E-state index in [2.05, 4.69) is 9.97 Å². The van der Waals surface area contributed by atoms with Crippen LogP contribution in [0.4, 0.5) is 14.6 Å². The molecular formula is C18H19F2N3O2. The van der Waals surface area contributed by atoms with Gasteiger partial charge in [0.25, 0.3) is 0 Å². The first-order valence-corrected chi connectivity index (χ1v) is 8.12. The molecule has 1 N–H and O–H groups in total. The third kappa shape index (κ3) is 3.60. The molecule has 0 amide bonds. The minimum Gasteiger partial charge on any atom is -0.481 e. The molecule has 1 aromatic carbocycles. The lowest BCUT2D eigenvalue weighted by molar-refractivity contribution is -0.149. The van der Waals surface area contributed by atoms with E-state index in [1.165, 1.54) is 6.07 Å². The molecule has 1 saturated heterocycles. The Morgan fingerprint density at radius 3 is 2.84 bits per heavy atom. The van der Waals surface area contributed by atoms with Gasteiger partial charge in [0.1, 0.15) is 23.3 Å². The van der Waals surface area contributed by atoms with E-state index in [1.54, 1.807) is 19.2 Å². The van der Waals surface area contributed by atoms with Crippen molar-refractivity contribution in [2.75, 3.05) is 18.0 Å². The molecule has 25 heavy (non-hydrogen) atoms. The van der Waals surface area contributed by atoms with Crippen LogP contribution in [0.15, 0.2) is 30.5 Å². The molecule has 2 aromatic rings. The Bertz CT molecular complexity index is 800. The zero-order chi connectivity index (χ0) is 18.0. The molecule has 132 valence electrons. The van der Waals surface area contributed by atoms with E-state index < -0.39 is 23.0 Å². The van der Waals surface area contributed by atoms with Gasteiger partial charge >= 0.3 is 5.97 Å². The van der Waals surface area contributed by atoms with Gasteiger partial charge in [0, 0.05) is 25.4 Å². The Kier molecular flexibility index (Phi) is 4.65. The molecule has 0 radical (unpaired) electrons. The van der Waals surface area contributed by atoms with E-state index in [4.69, 9.17) is 0 Å². The average molecular weight is 347 g/mol. The summed E-state index contributed by atoms with van der Waals surface area (Å²) in [5, 5.41) is 9.86. The first-order chi connectivity index (χ1) is 11.9. The average Bonchev–Trinajstić information content (AvgIpc) is 2.57. The van der Waals surface area contributed by atoms with E-state index in [-0.39, 0.29) is 18.5 Å². The first kappa shape index (κ1) is 17.3. The molecule has 5 nitrogen and oxygen atoms in total. The summed E-state index contributed by atoms with van der Waals surface area (Å²) in [6.07, 6.45) is 2.72. The second-order valence-electron chi connectivity index (χ2n) is 6.49. The number of hydrogen-bond acceptors (Lipinski definition) is 4. The van der Waals surface area contributed by atoms with Crippen molar-refractivity contribution in [3.63, 3.8) is 0 Å². The number of halogens is 2. The Labute approximate surface area is 144 Å². The summed E-state index contributed by atoms with van der Waals surface area (Å²) < 4.78 is 27.2.